The van der Waals surface area contributed by atoms with Crippen molar-refractivity contribution in [3.05, 3.63) is 73.1 Å². The summed E-state index contributed by atoms with van der Waals surface area (Å²) in [5, 5.41) is 15.4. The summed E-state index contributed by atoms with van der Waals surface area (Å²) in [7, 11) is 4.00. The van der Waals surface area contributed by atoms with Crippen LogP contribution in [-0.2, 0) is 4.79 Å². The first-order chi connectivity index (χ1) is 20.9. The Labute approximate surface area is 247 Å². The molecule has 1 aromatic carbocycles. The van der Waals surface area contributed by atoms with Crippen LogP contribution < -0.4 is 10.6 Å². The number of hydrogen-bond acceptors (Lipinski definition) is 7. The van der Waals surface area contributed by atoms with Crippen molar-refractivity contribution in [3.8, 4) is 33.6 Å². The number of rotatable bonds is 10. The molecule has 1 amide bonds. The molecule has 5 aromatic heterocycles. The molecule has 0 aliphatic heterocycles. The number of halogens is 1. The highest BCUT2D eigenvalue weighted by molar-refractivity contribution is 6.00. The van der Waals surface area contributed by atoms with Crippen molar-refractivity contribution in [1.29, 1.82) is 0 Å². The van der Waals surface area contributed by atoms with Crippen molar-refractivity contribution < 1.29 is 9.18 Å². The molecule has 6 rings (SSSR count). The van der Waals surface area contributed by atoms with Gasteiger partial charge in [-0.25, -0.2) is 14.4 Å². The Morgan fingerprint density at radius 3 is 2.60 bits per heavy atom. The SMILES string of the molecule is CCCC(=O)Nc1cncc(-c2cnc3[nH]nc(-c4cc5c(-c6cc(F)cc(NCCN(C)C)c6)ccnc5[nH]4)c3c2)c1. The molecule has 0 aliphatic carbocycles. The third-order valence-corrected chi connectivity index (χ3v) is 7.13. The number of nitrogens with zero attached hydrogens (tertiary/aromatic N) is 5. The van der Waals surface area contributed by atoms with Crippen LogP contribution in [0.15, 0.2) is 67.3 Å². The number of H-pyrrole nitrogens is 2. The van der Waals surface area contributed by atoms with E-state index in [-0.39, 0.29) is 11.7 Å². The van der Waals surface area contributed by atoms with Crippen LogP contribution >= 0.6 is 0 Å². The maximum Gasteiger partial charge on any atom is 0.224 e. The summed E-state index contributed by atoms with van der Waals surface area (Å²) in [4.78, 5) is 31.0. The molecule has 0 saturated heterocycles. The van der Waals surface area contributed by atoms with E-state index in [0.717, 1.165) is 57.4 Å². The van der Waals surface area contributed by atoms with E-state index < -0.39 is 0 Å². The summed E-state index contributed by atoms with van der Waals surface area (Å²) in [5.74, 6) is -0.361. The van der Waals surface area contributed by atoms with E-state index in [1.807, 2.05) is 51.4 Å². The van der Waals surface area contributed by atoms with Crippen LogP contribution in [0.3, 0.4) is 0 Å². The molecule has 43 heavy (non-hydrogen) atoms. The van der Waals surface area contributed by atoms with Crippen molar-refractivity contribution in [2.24, 2.45) is 0 Å². The molecular formula is C32H32FN9O. The molecule has 0 aliphatic rings. The molecule has 0 unspecified atom stereocenters. The zero-order valence-electron chi connectivity index (χ0n) is 24.2. The maximum atomic E-state index is 14.7. The predicted molar refractivity (Wildman–Crippen MR) is 168 cm³/mol. The molecule has 4 N–H and O–H groups in total. The Morgan fingerprint density at radius 1 is 0.930 bits per heavy atom. The fourth-order valence-corrected chi connectivity index (χ4v) is 5.06. The van der Waals surface area contributed by atoms with Crippen LogP contribution in [0.4, 0.5) is 15.8 Å². The van der Waals surface area contributed by atoms with Crippen LogP contribution in [0.2, 0.25) is 0 Å². The van der Waals surface area contributed by atoms with Gasteiger partial charge in [-0.15, -0.1) is 0 Å². The van der Waals surface area contributed by atoms with Crippen LogP contribution in [0, 0.1) is 5.82 Å². The zero-order valence-corrected chi connectivity index (χ0v) is 24.2. The molecular weight excluding hydrogens is 545 g/mol. The van der Waals surface area contributed by atoms with Crippen LogP contribution in [-0.4, -0.2) is 68.1 Å². The highest BCUT2D eigenvalue weighted by Gasteiger charge is 2.16. The van der Waals surface area contributed by atoms with E-state index in [9.17, 15) is 9.18 Å². The van der Waals surface area contributed by atoms with E-state index in [1.165, 1.54) is 12.1 Å². The second-order valence-electron chi connectivity index (χ2n) is 10.7. The first kappa shape index (κ1) is 28.0. The number of carbonyl (C=O) groups is 1. The van der Waals surface area contributed by atoms with Crippen LogP contribution in [0.1, 0.15) is 19.8 Å². The fourth-order valence-electron chi connectivity index (χ4n) is 5.06. The van der Waals surface area contributed by atoms with Gasteiger partial charge in [0.2, 0.25) is 5.91 Å². The van der Waals surface area contributed by atoms with Gasteiger partial charge in [0.15, 0.2) is 5.65 Å². The molecule has 0 radical (unpaired) electrons. The molecule has 6 aromatic rings. The van der Waals surface area contributed by atoms with Gasteiger partial charge in [0.05, 0.1) is 17.6 Å². The van der Waals surface area contributed by atoms with Gasteiger partial charge in [0, 0.05) is 65.7 Å². The number of aromatic amines is 2. The Kier molecular flexibility index (Phi) is 7.80. The van der Waals surface area contributed by atoms with Gasteiger partial charge in [-0.2, -0.15) is 5.10 Å². The number of hydrogen-bond donors (Lipinski definition) is 4. The molecule has 10 nitrogen and oxygen atoms in total. The highest BCUT2D eigenvalue weighted by Crippen LogP contribution is 2.35. The second kappa shape index (κ2) is 12.0. The van der Waals surface area contributed by atoms with Crippen LogP contribution in [0.5, 0.6) is 0 Å². The molecule has 0 fully saturated rings. The lowest BCUT2D eigenvalue weighted by atomic mass is 10.0. The van der Waals surface area contributed by atoms with Crippen molar-refractivity contribution in [3.63, 3.8) is 0 Å². The van der Waals surface area contributed by atoms with E-state index >= 15 is 0 Å². The second-order valence-corrected chi connectivity index (χ2v) is 10.7. The standard InChI is InChI=1S/C32H32FN9O/c1-4-5-29(43)38-24-12-20(16-34-18-24)21-13-27-30(40-41-32(27)37-17-21)28-15-26-25(6-7-36-31(26)39-28)19-10-22(33)14-23(11-19)35-8-9-42(2)3/h6-7,10-18,35H,4-5,8-9H2,1-3H3,(H,36,39)(H,38,43)(H,37,40,41). The lowest BCUT2D eigenvalue weighted by Gasteiger charge is -2.13. The fraction of sp³-hybridized carbons (Fsp3) is 0.219. The van der Waals surface area contributed by atoms with Gasteiger partial charge >= 0.3 is 0 Å². The van der Waals surface area contributed by atoms with Crippen molar-refractivity contribution >= 4 is 39.3 Å². The highest BCUT2D eigenvalue weighted by atomic mass is 19.1. The lowest BCUT2D eigenvalue weighted by molar-refractivity contribution is -0.116. The number of fused-ring (bicyclic) bond motifs is 2. The Bertz CT molecular complexity index is 1930. The molecule has 218 valence electrons. The zero-order chi connectivity index (χ0) is 29.9. The molecule has 0 saturated carbocycles. The quantitative estimate of drug-likeness (QED) is 0.155. The smallest absolute Gasteiger partial charge is 0.224 e. The number of likely N-dealkylation sites (N-methyl/N-ethyl adjacent to an activating group) is 1. The first-order valence-corrected chi connectivity index (χ1v) is 14.1. The predicted octanol–water partition coefficient (Wildman–Crippen LogP) is 6.08. The minimum absolute atomic E-state index is 0.0472. The van der Waals surface area contributed by atoms with E-state index in [1.54, 1.807) is 24.8 Å². The minimum atomic E-state index is -0.314. The average Bonchev–Trinajstić information content (AvgIpc) is 3.60. The summed E-state index contributed by atoms with van der Waals surface area (Å²) in [6.45, 7) is 3.50. The summed E-state index contributed by atoms with van der Waals surface area (Å²) < 4.78 is 14.7. The lowest BCUT2D eigenvalue weighted by Crippen LogP contribution is -2.20. The Balaban J connectivity index is 1.35. The molecule has 0 spiro atoms. The van der Waals surface area contributed by atoms with E-state index in [0.29, 0.717) is 35.6 Å². The van der Waals surface area contributed by atoms with E-state index in [2.05, 4.69) is 45.7 Å². The third kappa shape index (κ3) is 6.07. The summed E-state index contributed by atoms with van der Waals surface area (Å²) in [6, 6.07) is 12.7. The monoisotopic (exact) mass is 577 g/mol. The van der Waals surface area contributed by atoms with Crippen molar-refractivity contribution in [2.45, 2.75) is 19.8 Å². The minimum Gasteiger partial charge on any atom is -0.384 e. The first-order valence-electron chi connectivity index (χ1n) is 14.1. The summed E-state index contributed by atoms with van der Waals surface area (Å²) in [6.07, 6.45) is 8.04. The number of amides is 1. The maximum absolute atomic E-state index is 14.7. The largest absolute Gasteiger partial charge is 0.384 e. The number of pyridine rings is 3. The number of benzene rings is 1. The van der Waals surface area contributed by atoms with Crippen LogP contribution in [0.25, 0.3) is 55.7 Å². The number of aromatic nitrogens is 6. The normalized spacial score (nSPS) is 11.5. The van der Waals surface area contributed by atoms with Gasteiger partial charge in [0.1, 0.15) is 17.2 Å². The topological polar surface area (TPSA) is 128 Å². The van der Waals surface area contributed by atoms with E-state index in [4.69, 9.17) is 0 Å². The van der Waals surface area contributed by atoms with Crippen molar-refractivity contribution in [2.75, 3.05) is 37.8 Å². The van der Waals surface area contributed by atoms with Gasteiger partial charge in [-0.1, -0.05) is 6.92 Å². The Morgan fingerprint density at radius 2 is 1.77 bits per heavy atom. The molecule has 0 atom stereocenters. The van der Waals surface area contributed by atoms with Gasteiger partial charge < -0.3 is 20.5 Å². The summed E-state index contributed by atoms with van der Waals surface area (Å²) in [5.41, 5.74) is 7.33. The van der Waals surface area contributed by atoms with Gasteiger partial charge in [0.25, 0.3) is 0 Å². The average molecular weight is 578 g/mol. The van der Waals surface area contributed by atoms with Crippen molar-refractivity contribution in [1.82, 2.24) is 35.0 Å². The summed E-state index contributed by atoms with van der Waals surface area (Å²) >= 11 is 0. The van der Waals surface area contributed by atoms with Gasteiger partial charge in [-0.3, -0.25) is 14.9 Å². The number of carbonyl (C=O) groups excluding carboxylic acids is 1. The number of anilines is 2. The third-order valence-electron chi connectivity index (χ3n) is 7.13. The molecule has 0 bridgehead atoms. The Hall–Kier alpha value is -5.16. The van der Waals surface area contributed by atoms with Gasteiger partial charge in [-0.05, 0) is 74.1 Å². The number of nitrogens with one attached hydrogen (secondary N) is 4. The molecule has 5 heterocycles. The molecule has 11 heteroatoms.